The molecule has 0 N–H and O–H groups in total. The second kappa shape index (κ2) is 7.59. The topological polar surface area (TPSA) is 61.2 Å². The molecule has 1 heterocycles. The average molecular weight is 463 g/mol. The molecule has 0 spiro atoms. The number of fused-ring (bicyclic) bond motifs is 1. The minimum absolute atomic E-state index is 0.0174. The summed E-state index contributed by atoms with van der Waals surface area (Å²) in [4.78, 5) is -0.0174. The summed E-state index contributed by atoms with van der Waals surface area (Å²) < 4.78 is 65.8. The quantitative estimate of drug-likeness (QED) is 0.505. The lowest BCUT2D eigenvalue weighted by Gasteiger charge is -2.20. The molecule has 0 unspecified atom stereocenters. The Morgan fingerprint density at radius 2 is 1.65 bits per heavy atom. The first-order chi connectivity index (χ1) is 14.6. The molecule has 0 radical (unpaired) electrons. The molecule has 3 aromatic carbocycles. The number of nitrogens with zero attached hydrogens (tertiary/aromatic N) is 2. The molecule has 4 nitrogen and oxygen atoms in total. The number of anilines is 1. The predicted octanol–water partition coefficient (Wildman–Crippen LogP) is 5.65. The van der Waals surface area contributed by atoms with Crippen molar-refractivity contribution < 1.29 is 21.6 Å². The predicted molar refractivity (Wildman–Crippen MR) is 111 cm³/mol. The summed E-state index contributed by atoms with van der Waals surface area (Å²) in [6.45, 7) is 0.228. The van der Waals surface area contributed by atoms with Gasteiger partial charge in [-0.05, 0) is 65.6 Å². The van der Waals surface area contributed by atoms with Crippen LogP contribution in [-0.4, -0.2) is 15.0 Å². The van der Waals surface area contributed by atoms with Crippen molar-refractivity contribution >= 4 is 27.3 Å². The van der Waals surface area contributed by atoms with E-state index in [1.807, 2.05) is 6.07 Å². The molecule has 0 saturated heterocycles. The van der Waals surface area contributed by atoms with Crippen LogP contribution in [0.3, 0.4) is 0 Å². The van der Waals surface area contributed by atoms with Crippen molar-refractivity contribution in [3.63, 3.8) is 0 Å². The van der Waals surface area contributed by atoms with E-state index in [2.05, 4.69) is 0 Å². The Hall–Kier alpha value is -3.02. The van der Waals surface area contributed by atoms with E-state index in [4.69, 9.17) is 16.9 Å². The molecule has 0 saturated carbocycles. The molecule has 3 aromatic rings. The number of hydrogen-bond donors (Lipinski definition) is 0. The van der Waals surface area contributed by atoms with Crippen LogP contribution >= 0.6 is 11.6 Å². The highest BCUT2D eigenvalue weighted by molar-refractivity contribution is 7.92. The van der Waals surface area contributed by atoms with Crippen LogP contribution in [-0.2, 0) is 22.6 Å². The number of benzene rings is 3. The largest absolute Gasteiger partial charge is 0.416 e. The molecular weight excluding hydrogens is 449 g/mol. The van der Waals surface area contributed by atoms with E-state index >= 15 is 0 Å². The molecule has 0 bridgehead atoms. The molecular formula is C22H14ClF3N2O2S. The lowest BCUT2D eigenvalue weighted by Crippen LogP contribution is -2.29. The van der Waals surface area contributed by atoms with Crippen molar-refractivity contribution in [1.29, 1.82) is 5.26 Å². The summed E-state index contributed by atoms with van der Waals surface area (Å²) in [6.07, 6.45) is -3.94. The average Bonchev–Trinajstić information content (AvgIpc) is 3.17. The van der Waals surface area contributed by atoms with Gasteiger partial charge in [0.25, 0.3) is 10.0 Å². The van der Waals surface area contributed by atoms with Crippen LogP contribution in [0.2, 0.25) is 5.02 Å². The maximum Gasteiger partial charge on any atom is 0.416 e. The lowest BCUT2D eigenvalue weighted by atomic mass is 10.0. The van der Waals surface area contributed by atoms with Crippen LogP contribution in [0, 0.1) is 11.3 Å². The Balaban J connectivity index is 1.66. The molecule has 0 atom stereocenters. The van der Waals surface area contributed by atoms with Crippen LogP contribution in [0.5, 0.6) is 0 Å². The van der Waals surface area contributed by atoms with E-state index < -0.39 is 21.8 Å². The fourth-order valence-electron chi connectivity index (χ4n) is 3.53. The second-order valence-electron chi connectivity index (χ2n) is 7.00. The van der Waals surface area contributed by atoms with Crippen molar-refractivity contribution in [3.05, 3.63) is 82.4 Å². The van der Waals surface area contributed by atoms with E-state index in [0.717, 1.165) is 17.7 Å². The minimum Gasteiger partial charge on any atom is -0.266 e. The van der Waals surface area contributed by atoms with E-state index in [0.29, 0.717) is 23.2 Å². The van der Waals surface area contributed by atoms with Gasteiger partial charge in [0.2, 0.25) is 0 Å². The van der Waals surface area contributed by atoms with Gasteiger partial charge in [0.1, 0.15) is 6.07 Å². The fourth-order valence-corrected chi connectivity index (χ4v) is 5.34. The molecule has 1 aliphatic rings. The van der Waals surface area contributed by atoms with Crippen LogP contribution in [0.15, 0.2) is 65.6 Å². The van der Waals surface area contributed by atoms with Crippen LogP contribution in [0.1, 0.15) is 16.7 Å². The van der Waals surface area contributed by atoms with E-state index in [1.165, 1.54) is 34.6 Å². The summed E-state index contributed by atoms with van der Waals surface area (Å²) in [5.74, 6) is 0. The fraction of sp³-hybridized carbons (Fsp3) is 0.136. The van der Waals surface area contributed by atoms with Crippen molar-refractivity contribution in [1.82, 2.24) is 0 Å². The normalized spacial score (nSPS) is 13.7. The van der Waals surface area contributed by atoms with Crippen molar-refractivity contribution in [3.8, 4) is 17.2 Å². The van der Waals surface area contributed by atoms with E-state index in [1.54, 1.807) is 18.2 Å². The highest BCUT2D eigenvalue weighted by Gasteiger charge is 2.32. The first-order valence-corrected chi connectivity index (χ1v) is 11.0. The maximum atomic E-state index is 13.1. The van der Waals surface area contributed by atoms with Crippen molar-refractivity contribution in [2.75, 3.05) is 10.8 Å². The number of sulfonamides is 1. The van der Waals surface area contributed by atoms with Gasteiger partial charge in [-0.2, -0.15) is 18.4 Å². The Morgan fingerprint density at radius 3 is 2.26 bits per heavy atom. The van der Waals surface area contributed by atoms with Crippen LogP contribution < -0.4 is 4.31 Å². The highest BCUT2D eigenvalue weighted by atomic mass is 35.5. The number of hydrogen-bond acceptors (Lipinski definition) is 3. The Labute approximate surface area is 182 Å². The maximum absolute atomic E-state index is 13.1. The highest BCUT2D eigenvalue weighted by Crippen LogP contribution is 2.37. The third-order valence-electron chi connectivity index (χ3n) is 5.13. The molecule has 1 aliphatic heterocycles. The van der Waals surface area contributed by atoms with Gasteiger partial charge >= 0.3 is 6.18 Å². The smallest absolute Gasteiger partial charge is 0.266 e. The molecule has 9 heteroatoms. The summed E-state index contributed by atoms with van der Waals surface area (Å²) in [6, 6.07) is 15.8. The minimum atomic E-state index is -4.40. The SMILES string of the molecule is N#Cc1ccc(S(=O)(=O)N2CCc3cc(-c4ccc(C(F)(F)F)cc4)ccc32)cc1Cl. The Bertz CT molecular complexity index is 1310. The summed E-state index contributed by atoms with van der Waals surface area (Å²) in [5.41, 5.74) is 2.06. The molecule has 158 valence electrons. The summed E-state index contributed by atoms with van der Waals surface area (Å²) in [7, 11) is -3.88. The molecule has 31 heavy (non-hydrogen) atoms. The van der Waals surface area contributed by atoms with Gasteiger partial charge in [0.15, 0.2) is 0 Å². The van der Waals surface area contributed by atoms with Crippen molar-refractivity contribution in [2.24, 2.45) is 0 Å². The van der Waals surface area contributed by atoms with Gasteiger partial charge < -0.3 is 0 Å². The molecule has 0 aliphatic carbocycles. The summed E-state index contributed by atoms with van der Waals surface area (Å²) in [5, 5.41) is 9.03. The van der Waals surface area contributed by atoms with Crippen LogP contribution in [0.4, 0.5) is 18.9 Å². The van der Waals surface area contributed by atoms with Crippen LogP contribution in [0.25, 0.3) is 11.1 Å². The van der Waals surface area contributed by atoms with E-state index in [-0.39, 0.29) is 22.0 Å². The number of halogens is 4. The zero-order chi connectivity index (χ0) is 22.4. The number of nitriles is 1. The Morgan fingerprint density at radius 1 is 0.968 bits per heavy atom. The summed E-state index contributed by atoms with van der Waals surface area (Å²) >= 11 is 5.99. The number of rotatable bonds is 3. The van der Waals surface area contributed by atoms with Gasteiger partial charge in [-0.3, -0.25) is 4.31 Å². The third kappa shape index (κ3) is 3.87. The van der Waals surface area contributed by atoms with Gasteiger partial charge in [0, 0.05) is 6.54 Å². The lowest BCUT2D eigenvalue weighted by molar-refractivity contribution is -0.137. The molecule has 0 fully saturated rings. The van der Waals surface area contributed by atoms with Gasteiger partial charge in [-0.15, -0.1) is 0 Å². The third-order valence-corrected chi connectivity index (χ3v) is 7.25. The zero-order valence-corrected chi connectivity index (χ0v) is 17.4. The zero-order valence-electron chi connectivity index (χ0n) is 15.8. The van der Waals surface area contributed by atoms with Gasteiger partial charge in [-0.1, -0.05) is 29.8 Å². The monoisotopic (exact) mass is 462 g/mol. The first kappa shape index (κ1) is 21.2. The van der Waals surface area contributed by atoms with E-state index in [9.17, 15) is 21.6 Å². The Kier molecular flexibility index (Phi) is 5.20. The van der Waals surface area contributed by atoms with Gasteiger partial charge in [-0.25, -0.2) is 8.42 Å². The van der Waals surface area contributed by atoms with Crippen molar-refractivity contribution in [2.45, 2.75) is 17.5 Å². The van der Waals surface area contributed by atoms with Gasteiger partial charge in [0.05, 0.1) is 26.7 Å². The molecule has 0 amide bonds. The molecule has 0 aromatic heterocycles. The standard InChI is InChI=1S/C22H14ClF3N2O2S/c23-20-12-19(7-3-17(20)13-27)31(29,30)28-10-9-16-11-15(4-8-21(16)28)14-1-5-18(6-2-14)22(24,25)26/h1-8,11-12H,9-10H2. The molecule has 4 rings (SSSR count). The second-order valence-corrected chi connectivity index (χ2v) is 9.27. The number of alkyl halides is 3. The first-order valence-electron chi connectivity index (χ1n) is 9.14.